The molecular weight excluding hydrogens is 168 g/mol. The van der Waals surface area contributed by atoms with Crippen LogP contribution in [-0.4, -0.2) is 24.7 Å². The van der Waals surface area contributed by atoms with Gasteiger partial charge < -0.3 is 5.11 Å². The topological polar surface area (TPSA) is 63.3 Å². The lowest BCUT2D eigenvalue weighted by Crippen LogP contribution is -1.88. The molecule has 0 aromatic carbocycles. The Hall–Kier alpha value is -1.36. The molecule has 56 valence electrons. The molecule has 0 saturated heterocycles. The molecule has 0 fully saturated rings. The molecule has 11 heavy (non-hydrogen) atoms. The lowest BCUT2D eigenvalue weighted by Gasteiger charge is -1.95. The summed E-state index contributed by atoms with van der Waals surface area (Å²) in [7, 11) is 0. The second-order valence-electron chi connectivity index (χ2n) is 1.94. The normalized spacial score (nSPS) is 10.6. The molecule has 0 radical (unpaired) electrons. The third-order valence-electron chi connectivity index (χ3n) is 1.27. The maximum atomic E-state index is 9.14. The van der Waals surface area contributed by atoms with Gasteiger partial charge >= 0.3 is 0 Å². The van der Waals surface area contributed by atoms with Crippen LogP contribution in [0.25, 0.3) is 5.65 Å². The average molecular weight is 171 g/mol. The fourth-order valence-corrected chi connectivity index (χ4v) is 0.952. The average Bonchev–Trinajstić information content (AvgIpc) is 2.45. The summed E-state index contributed by atoms with van der Waals surface area (Å²) >= 11 is 5.63. The van der Waals surface area contributed by atoms with Gasteiger partial charge in [0.2, 0.25) is 10.9 Å². The van der Waals surface area contributed by atoms with E-state index in [1.54, 1.807) is 0 Å². The highest BCUT2D eigenvalue weighted by molar-refractivity contribution is 6.28. The molecule has 0 bridgehead atoms. The number of aromatic hydroxyl groups is 1. The van der Waals surface area contributed by atoms with Gasteiger partial charge in [-0.25, -0.2) is 4.98 Å². The Morgan fingerprint density at radius 1 is 1.55 bits per heavy atom. The van der Waals surface area contributed by atoms with Crippen LogP contribution in [0.2, 0.25) is 5.28 Å². The van der Waals surface area contributed by atoms with E-state index >= 15 is 0 Å². The van der Waals surface area contributed by atoms with E-state index in [0.29, 0.717) is 5.65 Å². The first-order valence-corrected chi connectivity index (χ1v) is 3.20. The van der Waals surface area contributed by atoms with E-state index in [9.17, 15) is 0 Å². The van der Waals surface area contributed by atoms with Gasteiger partial charge in [-0.15, -0.1) is 10.2 Å². The highest BCUT2D eigenvalue weighted by Gasteiger charge is 2.04. The monoisotopic (exact) mass is 170 g/mol. The van der Waals surface area contributed by atoms with Crippen molar-refractivity contribution < 1.29 is 5.11 Å². The summed E-state index contributed by atoms with van der Waals surface area (Å²) in [4.78, 5) is 3.68. The van der Waals surface area contributed by atoms with Crippen LogP contribution in [-0.2, 0) is 0 Å². The van der Waals surface area contributed by atoms with Gasteiger partial charge in [0.05, 0.1) is 6.20 Å². The lowest BCUT2D eigenvalue weighted by atomic mass is 10.6. The maximum Gasteiger partial charge on any atom is 0.210 e. The van der Waals surface area contributed by atoms with Crippen molar-refractivity contribution in [2.75, 3.05) is 0 Å². The molecule has 1 N–H and O–H groups in total. The Kier molecular flexibility index (Phi) is 1.19. The Labute approximate surface area is 66.3 Å². The molecule has 0 aliphatic heterocycles. The van der Waals surface area contributed by atoms with Crippen LogP contribution >= 0.6 is 11.6 Å². The molecule has 5 nitrogen and oxygen atoms in total. The lowest BCUT2D eigenvalue weighted by molar-refractivity contribution is 0.474. The number of nitrogens with zero attached hydrogens (tertiary/aromatic N) is 4. The van der Waals surface area contributed by atoms with Gasteiger partial charge in [0.25, 0.3) is 0 Å². The molecule has 0 spiro atoms. The van der Waals surface area contributed by atoms with E-state index < -0.39 is 0 Å². The first-order chi connectivity index (χ1) is 5.29. The van der Waals surface area contributed by atoms with Crippen LogP contribution in [0.1, 0.15) is 0 Å². The predicted molar refractivity (Wildman–Crippen MR) is 37.5 cm³/mol. The van der Waals surface area contributed by atoms with E-state index in [4.69, 9.17) is 16.7 Å². The first-order valence-electron chi connectivity index (χ1n) is 2.82. The van der Waals surface area contributed by atoms with Crippen molar-refractivity contribution in [3.8, 4) is 5.75 Å². The van der Waals surface area contributed by atoms with Crippen LogP contribution < -0.4 is 0 Å². The summed E-state index contributed by atoms with van der Waals surface area (Å²) in [5.41, 5.74) is 0.310. The minimum absolute atomic E-state index is 0.0353. The van der Waals surface area contributed by atoms with Crippen LogP contribution in [0, 0.1) is 0 Å². The van der Waals surface area contributed by atoms with Crippen LogP contribution in [0.4, 0.5) is 0 Å². The highest BCUT2D eigenvalue weighted by Crippen LogP contribution is 2.16. The van der Waals surface area contributed by atoms with Crippen molar-refractivity contribution in [3.63, 3.8) is 0 Å². The van der Waals surface area contributed by atoms with Crippen molar-refractivity contribution in [1.82, 2.24) is 19.6 Å². The Morgan fingerprint density at radius 3 is 3.09 bits per heavy atom. The highest BCUT2D eigenvalue weighted by atomic mass is 35.5. The molecule has 2 aromatic heterocycles. The molecule has 0 aliphatic rings. The first kappa shape index (κ1) is 6.36. The molecule has 2 heterocycles. The summed E-state index contributed by atoms with van der Waals surface area (Å²) in [6.45, 7) is 0. The Balaban J connectivity index is 2.96. The summed E-state index contributed by atoms with van der Waals surface area (Å²) in [5.74, 6) is -0.0353. The van der Waals surface area contributed by atoms with Crippen molar-refractivity contribution in [2.45, 2.75) is 0 Å². The van der Waals surface area contributed by atoms with Gasteiger partial charge in [0.15, 0.2) is 5.75 Å². The minimum Gasteiger partial charge on any atom is -0.503 e. The summed E-state index contributed by atoms with van der Waals surface area (Å²) < 4.78 is 1.39. The van der Waals surface area contributed by atoms with E-state index in [0.717, 1.165) is 0 Å². The van der Waals surface area contributed by atoms with Crippen molar-refractivity contribution in [3.05, 3.63) is 17.8 Å². The number of hydrogen-bond donors (Lipinski definition) is 1. The van der Waals surface area contributed by atoms with Crippen molar-refractivity contribution in [1.29, 1.82) is 0 Å². The quantitative estimate of drug-likeness (QED) is 0.585. The van der Waals surface area contributed by atoms with Crippen LogP contribution in [0.3, 0.4) is 0 Å². The van der Waals surface area contributed by atoms with Gasteiger partial charge in [-0.2, -0.15) is 0 Å². The third-order valence-corrected chi connectivity index (χ3v) is 1.55. The van der Waals surface area contributed by atoms with Crippen molar-refractivity contribution >= 4 is 17.2 Å². The third kappa shape index (κ3) is 0.813. The molecule has 0 aliphatic carbocycles. The predicted octanol–water partition coefficient (Wildman–Crippen LogP) is 0.483. The van der Waals surface area contributed by atoms with Gasteiger partial charge in [0, 0.05) is 0 Å². The molecule has 2 aromatic rings. The number of hydrogen-bond acceptors (Lipinski definition) is 4. The largest absolute Gasteiger partial charge is 0.503 e. The molecule has 0 unspecified atom stereocenters. The molecule has 0 atom stereocenters. The molecule has 0 saturated carbocycles. The SMILES string of the molecule is Oc1cnc(Cl)n2cnnc12. The maximum absolute atomic E-state index is 9.14. The molecule has 2 rings (SSSR count). The molecule has 6 heteroatoms. The van der Waals surface area contributed by atoms with Gasteiger partial charge in [-0.05, 0) is 11.6 Å². The zero-order valence-corrected chi connectivity index (χ0v) is 6.02. The number of fused-ring (bicyclic) bond motifs is 1. The van der Waals surface area contributed by atoms with Gasteiger partial charge in [-0.3, -0.25) is 4.40 Å². The second-order valence-corrected chi connectivity index (χ2v) is 2.28. The van der Waals surface area contributed by atoms with Crippen molar-refractivity contribution in [2.24, 2.45) is 0 Å². The molecule has 0 amide bonds. The number of rotatable bonds is 0. The van der Waals surface area contributed by atoms with E-state index in [1.165, 1.54) is 16.9 Å². The fourth-order valence-electron chi connectivity index (χ4n) is 0.779. The fraction of sp³-hybridized carbons (Fsp3) is 0. The van der Waals surface area contributed by atoms with E-state index in [2.05, 4.69) is 15.2 Å². The summed E-state index contributed by atoms with van der Waals surface area (Å²) in [5, 5.41) is 16.5. The second kappa shape index (κ2) is 2.06. The molecular formula is C5H3ClN4O. The number of halogens is 1. The van der Waals surface area contributed by atoms with E-state index in [-0.39, 0.29) is 11.0 Å². The van der Waals surface area contributed by atoms with E-state index in [1.807, 2.05) is 0 Å². The summed E-state index contributed by atoms with van der Waals surface area (Å²) in [6.07, 6.45) is 2.61. The zero-order chi connectivity index (χ0) is 7.84. The van der Waals surface area contributed by atoms with Gasteiger partial charge in [-0.1, -0.05) is 0 Å². The Bertz CT molecular complexity index is 362. The zero-order valence-electron chi connectivity index (χ0n) is 5.27. The smallest absolute Gasteiger partial charge is 0.210 e. The Morgan fingerprint density at radius 2 is 2.36 bits per heavy atom. The summed E-state index contributed by atoms with van der Waals surface area (Å²) in [6, 6.07) is 0. The van der Waals surface area contributed by atoms with Crippen LogP contribution in [0.5, 0.6) is 5.75 Å². The standard InChI is InChI=1S/C5H3ClN4O/c6-5-7-1-3(11)4-9-8-2-10(4)5/h1-2,11H. The van der Waals surface area contributed by atoms with Gasteiger partial charge in [0.1, 0.15) is 6.33 Å². The number of aromatic nitrogens is 4. The van der Waals surface area contributed by atoms with Crippen LogP contribution in [0.15, 0.2) is 12.5 Å². The minimum atomic E-state index is -0.0353.